The Hall–Kier alpha value is -2.57. The zero-order valence-electron chi connectivity index (χ0n) is 12.2. The van der Waals surface area contributed by atoms with Gasteiger partial charge in [0, 0.05) is 6.92 Å². The molecule has 0 saturated carbocycles. The first-order valence-corrected chi connectivity index (χ1v) is 6.41. The number of carbonyl (C=O) groups is 3. The summed E-state index contributed by atoms with van der Waals surface area (Å²) < 4.78 is 5.02. The van der Waals surface area contributed by atoms with Gasteiger partial charge in [-0.15, -0.1) is 0 Å². The lowest BCUT2D eigenvalue weighted by molar-refractivity contribution is -0.131. The summed E-state index contributed by atoms with van der Waals surface area (Å²) in [5.74, 6) is -0.462. The van der Waals surface area contributed by atoms with Gasteiger partial charge < -0.3 is 10.1 Å². The fourth-order valence-corrected chi connectivity index (χ4v) is 1.58. The summed E-state index contributed by atoms with van der Waals surface area (Å²) in [5.41, 5.74) is 5.33. The lowest BCUT2D eigenvalue weighted by Crippen LogP contribution is -2.51. The molecule has 1 atom stereocenters. The summed E-state index contributed by atoms with van der Waals surface area (Å²) in [7, 11) is 1.56. The van der Waals surface area contributed by atoms with Crippen molar-refractivity contribution < 1.29 is 19.1 Å². The molecular formula is C14H19N3O4. The van der Waals surface area contributed by atoms with E-state index in [9.17, 15) is 14.4 Å². The van der Waals surface area contributed by atoms with Gasteiger partial charge in [0.25, 0.3) is 5.91 Å². The van der Waals surface area contributed by atoms with E-state index in [2.05, 4.69) is 16.2 Å². The van der Waals surface area contributed by atoms with Gasteiger partial charge in [-0.1, -0.05) is 12.1 Å². The van der Waals surface area contributed by atoms with Crippen LogP contribution in [-0.4, -0.2) is 30.9 Å². The van der Waals surface area contributed by atoms with Crippen molar-refractivity contribution in [3.63, 3.8) is 0 Å². The maximum absolute atomic E-state index is 11.7. The number of rotatable bonds is 5. The predicted molar refractivity (Wildman–Crippen MR) is 76.3 cm³/mol. The Kier molecular flexibility index (Phi) is 6.19. The van der Waals surface area contributed by atoms with Gasteiger partial charge in [0.2, 0.25) is 11.8 Å². The van der Waals surface area contributed by atoms with E-state index in [0.717, 1.165) is 5.56 Å². The highest BCUT2D eigenvalue weighted by atomic mass is 16.5. The van der Waals surface area contributed by atoms with Crippen LogP contribution >= 0.6 is 0 Å². The highest BCUT2D eigenvalue weighted by Gasteiger charge is 2.14. The Morgan fingerprint density at radius 3 is 2.29 bits per heavy atom. The molecule has 1 rings (SSSR count). The first-order chi connectivity index (χ1) is 9.92. The second-order valence-corrected chi connectivity index (χ2v) is 4.48. The van der Waals surface area contributed by atoms with E-state index in [4.69, 9.17) is 4.74 Å². The summed E-state index contributed by atoms with van der Waals surface area (Å²) in [5, 5.41) is 2.41. The number of methoxy groups -OCH3 is 1. The molecule has 1 aromatic rings. The Labute approximate surface area is 123 Å². The van der Waals surface area contributed by atoms with Crippen LogP contribution < -0.4 is 20.9 Å². The fourth-order valence-electron chi connectivity index (χ4n) is 1.58. The van der Waals surface area contributed by atoms with Gasteiger partial charge in [-0.3, -0.25) is 25.2 Å². The summed E-state index contributed by atoms with van der Waals surface area (Å²) in [6, 6.07) is 6.31. The van der Waals surface area contributed by atoms with Gasteiger partial charge in [-0.2, -0.15) is 0 Å². The molecule has 0 bridgehead atoms. The molecule has 21 heavy (non-hydrogen) atoms. The van der Waals surface area contributed by atoms with Crippen molar-refractivity contribution in [2.45, 2.75) is 26.3 Å². The fraction of sp³-hybridized carbons (Fsp3) is 0.357. The second kappa shape index (κ2) is 7.88. The minimum Gasteiger partial charge on any atom is -0.497 e. The van der Waals surface area contributed by atoms with E-state index in [-0.39, 0.29) is 18.2 Å². The van der Waals surface area contributed by atoms with Crippen LogP contribution in [0.2, 0.25) is 0 Å². The average molecular weight is 293 g/mol. The summed E-state index contributed by atoms with van der Waals surface area (Å²) >= 11 is 0. The van der Waals surface area contributed by atoms with E-state index in [1.54, 1.807) is 31.4 Å². The van der Waals surface area contributed by atoms with Gasteiger partial charge in [0.15, 0.2) is 0 Å². The van der Waals surface area contributed by atoms with Gasteiger partial charge >= 0.3 is 0 Å². The largest absolute Gasteiger partial charge is 0.497 e. The number of ether oxygens (including phenoxy) is 1. The van der Waals surface area contributed by atoms with E-state index < -0.39 is 11.9 Å². The molecule has 7 nitrogen and oxygen atoms in total. The van der Waals surface area contributed by atoms with Crippen LogP contribution in [0.3, 0.4) is 0 Å². The normalized spacial score (nSPS) is 11.2. The Morgan fingerprint density at radius 2 is 1.76 bits per heavy atom. The van der Waals surface area contributed by atoms with Crippen LogP contribution in [0.1, 0.15) is 19.4 Å². The molecule has 0 heterocycles. The molecule has 0 saturated heterocycles. The van der Waals surface area contributed by atoms with E-state index in [1.807, 2.05) is 0 Å². The Bertz CT molecular complexity index is 513. The zero-order valence-corrected chi connectivity index (χ0v) is 12.2. The van der Waals surface area contributed by atoms with Crippen molar-refractivity contribution in [3.8, 4) is 5.75 Å². The highest BCUT2D eigenvalue weighted by Crippen LogP contribution is 2.11. The number of amides is 3. The van der Waals surface area contributed by atoms with Crippen LogP contribution in [-0.2, 0) is 20.8 Å². The summed E-state index contributed by atoms with van der Waals surface area (Å²) in [4.78, 5) is 34.0. The third-order valence-electron chi connectivity index (χ3n) is 2.66. The van der Waals surface area contributed by atoms with Gasteiger partial charge in [0.1, 0.15) is 11.8 Å². The van der Waals surface area contributed by atoms with E-state index >= 15 is 0 Å². The molecule has 114 valence electrons. The summed E-state index contributed by atoms with van der Waals surface area (Å²) in [6.45, 7) is 2.83. The van der Waals surface area contributed by atoms with Crippen molar-refractivity contribution in [2.75, 3.05) is 7.11 Å². The molecule has 3 amide bonds. The van der Waals surface area contributed by atoms with Gasteiger partial charge in [-0.05, 0) is 24.6 Å². The van der Waals surface area contributed by atoms with Crippen molar-refractivity contribution >= 4 is 17.7 Å². The number of benzene rings is 1. The SMILES string of the molecule is COc1ccc(CC(=O)NNC(=O)C(C)NC(C)=O)cc1. The van der Waals surface area contributed by atoms with Crippen molar-refractivity contribution in [1.29, 1.82) is 0 Å². The molecule has 1 aromatic carbocycles. The number of hydrogen-bond donors (Lipinski definition) is 3. The lowest BCUT2D eigenvalue weighted by Gasteiger charge is -2.13. The molecule has 0 aliphatic rings. The molecule has 0 aliphatic carbocycles. The zero-order chi connectivity index (χ0) is 15.8. The monoisotopic (exact) mass is 293 g/mol. The molecular weight excluding hydrogens is 274 g/mol. The molecule has 0 fully saturated rings. The lowest BCUT2D eigenvalue weighted by atomic mass is 10.1. The second-order valence-electron chi connectivity index (χ2n) is 4.48. The van der Waals surface area contributed by atoms with Crippen LogP contribution in [0.25, 0.3) is 0 Å². The number of hydrogen-bond acceptors (Lipinski definition) is 4. The average Bonchev–Trinajstić information content (AvgIpc) is 2.44. The van der Waals surface area contributed by atoms with Crippen molar-refractivity contribution in [1.82, 2.24) is 16.2 Å². The number of carbonyl (C=O) groups excluding carboxylic acids is 3. The third kappa shape index (κ3) is 5.94. The minimum absolute atomic E-state index is 0.124. The van der Waals surface area contributed by atoms with Crippen molar-refractivity contribution in [3.05, 3.63) is 29.8 Å². The smallest absolute Gasteiger partial charge is 0.260 e. The van der Waals surface area contributed by atoms with E-state index in [1.165, 1.54) is 13.8 Å². The maximum atomic E-state index is 11.7. The van der Waals surface area contributed by atoms with Crippen LogP contribution in [0.15, 0.2) is 24.3 Å². The first-order valence-electron chi connectivity index (χ1n) is 6.41. The number of nitrogens with one attached hydrogen (secondary N) is 3. The molecule has 7 heteroatoms. The first kappa shape index (κ1) is 16.5. The third-order valence-corrected chi connectivity index (χ3v) is 2.66. The Balaban J connectivity index is 2.39. The topological polar surface area (TPSA) is 96.5 Å². The quantitative estimate of drug-likeness (QED) is 0.661. The Morgan fingerprint density at radius 1 is 1.14 bits per heavy atom. The van der Waals surface area contributed by atoms with Gasteiger partial charge in [0.05, 0.1) is 13.5 Å². The van der Waals surface area contributed by atoms with Crippen molar-refractivity contribution in [2.24, 2.45) is 0 Å². The minimum atomic E-state index is -0.719. The number of hydrazine groups is 1. The van der Waals surface area contributed by atoms with Crippen LogP contribution in [0.4, 0.5) is 0 Å². The molecule has 0 spiro atoms. The molecule has 3 N–H and O–H groups in total. The summed E-state index contributed by atoms with van der Waals surface area (Å²) in [6.07, 6.45) is 0.124. The molecule has 0 aromatic heterocycles. The highest BCUT2D eigenvalue weighted by molar-refractivity contribution is 5.88. The molecule has 1 unspecified atom stereocenters. The van der Waals surface area contributed by atoms with E-state index in [0.29, 0.717) is 5.75 Å². The molecule has 0 radical (unpaired) electrons. The standard InChI is InChI=1S/C14H19N3O4/c1-9(15-10(2)18)14(20)17-16-13(19)8-11-4-6-12(21-3)7-5-11/h4-7,9H,8H2,1-3H3,(H,15,18)(H,16,19)(H,17,20). The van der Waals surface area contributed by atoms with Gasteiger partial charge in [-0.25, -0.2) is 0 Å². The van der Waals surface area contributed by atoms with Crippen LogP contribution in [0.5, 0.6) is 5.75 Å². The molecule has 0 aliphatic heterocycles. The van der Waals surface area contributed by atoms with Crippen LogP contribution in [0, 0.1) is 0 Å². The predicted octanol–water partition coefficient (Wildman–Crippen LogP) is -0.0903. The maximum Gasteiger partial charge on any atom is 0.260 e.